The highest BCUT2D eigenvalue weighted by atomic mass is 35.5. The van der Waals surface area contributed by atoms with E-state index in [0.29, 0.717) is 5.56 Å². The Labute approximate surface area is 149 Å². The molecule has 5 nitrogen and oxygen atoms in total. The lowest BCUT2D eigenvalue weighted by Crippen LogP contribution is -2.05. The van der Waals surface area contributed by atoms with Crippen LogP contribution in [0.1, 0.15) is 12.5 Å². The molecule has 7 heteroatoms. The standard InChI is InChI=1S/C17H16ClNO4S/c1-3-22-15(20)6-7-16(21)23-10-12-8-11-4-5-13(24-2)9-14(11)19-17(12)18/h4-9H,3,10H2,1-2H3/b7-6+. The fourth-order valence-corrected chi connectivity index (χ4v) is 2.55. The first-order valence-electron chi connectivity index (χ1n) is 7.18. The van der Waals surface area contributed by atoms with E-state index in [1.54, 1.807) is 18.7 Å². The van der Waals surface area contributed by atoms with Crippen molar-refractivity contribution in [1.82, 2.24) is 4.98 Å². The fourth-order valence-electron chi connectivity index (χ4n) is 1.92. The number of fused-ring (bicyclic) bond motifs is 1. The lowest BCUT2D eigenvalue weighted by atomic mass is 10.2. The zero-order valence-corrected chi connectivity index (χ0v) is 14.8. The van der Waals surface area contributed by atoms with Crippen LogP contribution in [0.5, 0.6) is 0 Å². The van der Waals surface area contributed by atoms with E-state index in [-0.39, 0.29) is 18.4 Å². The molecule has 2 aromatic rings. The van der Waals surface area contributed by atoms with Crippen LogP contribution in [0.4, 0.5) is 0 Å². The molecule has 1 heterocycles. The maximum absolute atomic E-state index is 11.6. The molecule has 0 spiro atoms. The molecule has 0 radical (unpaired) electrons. The number of thioether (sulfide) groups is 1. The molecule has 0 unspecified atom stereocenters. The second-order valence-corrected chi connectivity index (χ2v) is 5.93. The normalized spacial score (nSPS) is 11.0. The number of nitrogens with zero attached hydrogens (tertiary/aromatic N) is 1. The molecule has 0 saturated heterocycles. The van der Waals surface area contributed by atoms with Gasteiger partial charge in [0.15, 0.2) is 0 Å². The number of esters is 2. The molecule has 2 rings (SSSR count). The summed E-state index contributed by atoms with van der Waals surface area (Å²) in [6, 6.07) is 7.71. The van der Waals surface area contributed by atoms with Gasteiger partial charge in [0.05, 0.1) is 12.1 Å². The van der Waals surface area contributed by atoms with Gasteiger partial charge in [-0.2, -0.15) is 0 Å². The third kappa shape index (κ3) is 4.97. The molecular weight excluding hydrogens is 350 g/mol. The van der Waals surface area contributed by atoms with Crippen LogP contribution in [0, 0.1) is 0 Å². The predicted octanol–water partition coefficient (Wildman–Crippen LogP) is 3.77. The molecular formula is C17H16ClNO4S. The van der Waals surface area contributed by atoms with E-state index in [0.717, 1.165) is 28.0 Å². The van der Waals surface area contributed by atoms with Crippen LogP contribution in [0.15, 0.2) is 41.3 Å². The average molecular weight is 366 g/mol. The van der Waals surface area contributed by atoms with Crippen LogP contribution in [-0.4, -0.2) is 29.8 Å². The molecule has 1 aromatic carbocycles. The van der Waals surface area contributed by atoms with E-state index < -0.39 is 11.9 Å². The van der Waals surface area contributed by atoms with Gasteiger partial charge in [-0.25, -0.2) is 14.6 Å². The largest absolute Gasteiger partial charge is 0.463 e. The van der Waals surface area contributed by atoms with Crippen LogP contribution < -0.4 is 0 Å². The van der Waals surface area contributed by atoms with Crippen LogP contribution >= 0.6 is 23.4 Å². The molecule has 0 amide bonds. The maximum Gasteiger partial charge on any atom is 0.331 e. The number of ether oxygens (including phenoxy) is 2. The van der Waals surface area contributed by atoms with E-state index in [4.69, 9.17) is 16.3 Å². The predicted molar refractivity (Wildman–Crippen MR) is 94.1 cm³/mol. The second-order valence-electron chi connectivity index (χ2n) is 4.69. The lowest BCUT2D eigenvalue weighted by Gasteiger charge is -2.07. The van der Waals surface area contributed by atoms with Crippen molar-refractivity contribution in [3.05, 3.63) is 47.1 Å². The number of hydrogen-bond acceptors (Lipinski definition) is 6. The number of rotatable bonds is 6. The molecule has 1 aromatic heterocycles. The number of carbonyl (C=O) groups is 2. The van der Waals surface area contributed by atoms with Crippen LogP contribution in [0.25, 0.3) is 10.9 Å². The molecule has 0 N–H and O–H groups in total. The zero-order valence-electron chi connectivity index (χ0n) is 13.2. The topological polar surface area (TPSA) is 65.5 Å². The SMILES string of the molecule is CCOC(=O)/C=C/C(=O)OCc1cc2ccc(SC)cc2nc1Cl. The zero-order chi connectivity index (χ0) is 17.5. The van der Waals surface area contributed by atoms with Gasteiger partial charge in [-0.3, -0.25) is 0 Å². The fraction of sp³-hybridized carbons (Fsp3) is 0.235. The minimum absolute atomic E-state index is 0.0297. The number of carbonyl (C=O) groups excluding carboxylic acids is 2. The molecule has 0 aliphatic carbocycles. The molecule has 0 aliphatic heterocycles. The van der Waals surface area contributed by atoms with Crippen molar-refractivity contribution < 1.29 is 19.1 Å². The van der Waals surface area contributed by atoms with E-state index in [2.05, 4.69) is 9.72 Å². The first-order valence-corrected chi connectivity index (χ1v) is 8.78. The monoisotopic (exact) mass is 365 g/mol. The summed E-state index contributed by atoms with van der Waals surface area (Å²) in [5.74, 6) is -1.25. The third-order valence-electron chi connectivity index (χ3n) is 3.06. The van der Waals surface area contributed by atoms with Gasteiger partial charge in [-0.15, -0.1) is 11.8 Å². The number of hydrogen-bond donors (Lipinski definition) is 0. The third-order valence-corrected chi connectivity index (χ3v) is 4.12. The van der Waals surface area contributed by atoms with Gasteiger partial charge >= 0.3 is 11.9 Å². The summed E-state index contributed by atoms with van der Waals surface area (Å²) in [4.78, 5) is 28.1. The van der Waals surface area contributed by atoms with Gasteiger partial charge in [0, 0.05) is 28.0 Å². The number of benzene rings is 1. The molecule has 0 atom stereocenters. The van der Waals surface area contributed by atoms with Gasteiger partial charge in [0.2, 0.25) is 0 Å². The number of aromatic nitrogens is 1. The Bertz CT molecular complexity index is 791. The van der Waals surface area contributed by atoms with Gasteiger partial charge < -0.3 is 9.47 Å². The van der Waals surface area contributed by atoms with Crippen LogP contribution in [0.2, 0.25) is 5.15 Å². The summed E-state index contributed by atoms with van der Waals surface area (Å²) in [5.41, 5.74) is 1.38. The summed E-state index contributed by atoms with van der Waals surface area (Å²) in [6.07, 6.45) is 4.03. The lowest BCUT2D eigenvalue weighted by molar-refractivity contribution is -0.141. The Morgan fingerprint density at radius 1 is 1.21 bits per heavy atom. The van der Waals surface area contributed by atoms with Crippen molar-refractivity contribution in [2.45, 2.75) is 18.4 Å². The van der Waals surface area contributed by atoms with Crippen LogP contribution in [-0.2, 0) is 25.7 Å². The van der Waals surface area contributed by atoms with Gasteiger partial charge in [-0.05, 0) is 31.4 Å². The minimum atomic E-state index is -0.656. The minimum Gasteiger partial charge on any atom is -0.463 e. The molecule has 24 heavy (non-hydrogen) atoms. The van der Waals surface area contributed by atoms with E-state index in [1.165, 1.54) is 0 Å². The van der Waals surface area contributed by atoms with Crippen molar-refractivity contribution in [1.29, 1.82) is 0 Å². The van der Waals surface area contributed by atoms with Gasteiger partial charge in [0.1, 0.15) is 11.8 Å². The van der Waals surface area contributed by atoms with E-state index >= 15 is 0 Å². The highest BCUT2D eigenvalue weighted by molar-refractivity contribution is 7.98. The summed E-state index contributed by atoms with van der Waals surface area (Å²) in [5, 5.41) is 1.19. The molecule has 0 fully saturated rings. The van der Waals surface area contributed by atoms with Gasteiger partial charge in [0.25, 0.3) is 0 Å². The van der Waals surface area contributed by atoms with Crippen LogP contribution in [0.3, 0.4) is 0 Å². The van der Waals surface area contributed by atoms with E-state index in [9.17, 15) is 9.59 Å². The second kappa shape index (κ2) is 8.70. The quantitative estimate of drug-likeness (QED) is 0.336. The Balaban J connectivity index is 2.06. The highest BCUT2D eigenvalue weighted by Gasteiger charge is 2.08. The smallest absolute Gasteiger partial charge is 0.331 e. The van der Waals surface area contributed by atoms with Crippen molar-refractivity contribution >= 4 is 46.2 Å². The molecule has 126 valence electrons. The highest BCUT2D eigenvalue weighted by Crippen LogP contribution is 2.25. The van der Waals surface area contributed by atoms with Crippen molar-refractivity contribution in [2.75, 3.05) is 12.9 Å². The molecule has 0 bridgehead atoms. The summed E-state index contributed by atoms with van der Waals surface area (Å²) < 4.78 is 9.74. The van der Waals surface area contributed by atoms with E-state index in [1.807, 2.05) is 30.5 Å². The Kier molecular flexibility index (Phi) is 6.63. The first-order chi connectivity index (χ1) is 11.5. The number of halogens is 1. The van der Waals surface area contributed by atoms with Crippen molar-refractivity contribution in [3.63, 3.8) is 0 Å². The maximum atomic E-state index is 11.6. The summed E-state index contributed by atoms with van der Waals surface area (Å²) in [7, 11) is 0. The molecule has 0 aliphatic rings. The average Bonchev–Trinajstić information content (AvgIpc) is 2.57. The van der Waals surface area contributed by atoms with Crippen molar-refractivity contribution in [3.8, 4) is 0 Å². The van der Waals surface area contributed by atoms with Gasteiger partial charge in [-0.1, -0.05) is 17.7 Å². The number of pyridine rings is 1. The summed E-state index contributed by atoms with van der Waals surface area (Å²) in [6.45, 7) is 1.90. The Hall–Kier alpha value is -2.05. The molecule has 0 saturated carbocycles. The first kappa shape index (κ1) is 18.3. The Morgan fingerprint density at radius 2 is 1.92 bits per heavy atom. The van der Waals surface area contributed by atoms with Crippen molar-refractivity contribution in [2.24, 2.45) is 0 Å². The summed E-state index contributed by atoms with van der Waals surface area (Å²) >= 11 is 7.77. The Morgan fingerprint density at radius 3 is 2.58 bits per heavy atom.